The van der Waals surface area contributed by atoms with Crippen molar-refractivity contribution in [2.45, 2.75) is 25.8 Å². The summed E-state index contributed by atoms with van der Waals surface area (Å²) >= 11 is 0. The smallest absolute Gasteiger partial charge is 0.130 e. The molecule has 1 aromatic rings. The van der Waals surface area contributed by atoms with Crippen molar-refractivity contribution in [2.75, 3.05) is 26.7 Å². The van der Waals surface area contributed by atoms with Crippen molar-refractivity contribution in [3.05, 3.63) is 35.4 Å². The third-order valence-corrected chi connectivity index (χ3v) is 4.03. The van der Waals surface area contributed by atoms with Gasteiger partial charge in [-0.05, 0) is 57.6 Å². The summed E-state index contributed by atoms with van der Waals surface area (Å²) < 4.78 is 28.1. The zero-order chi connectivity index (χ0) is 13.8. The summed E-state index contributed by atoms with van der Waals surface area (Å²) in [4.78, 5) is 2.19. The van der Waals surface area contributed by atoms with Gasteiger partial charge in [-0.25, -0.2) is 8.78 Å². The van der Waals surface area contributed by atoms with Crippen LogP contribution in [0.1, 0.15) is 31.4 Å². The van der Waals surface area contributed by atoms with Crippen LogP contribution in [0.5, 0.6) is 0 Å². The third-order valence-electron chi connectivity index (χ3n) is 4.03. The zero-order valence-electron chi connectivity index (χ0n) is 11.6. The molecule has 0 aliphatic carbocycles. The van der Waals surface area contributed by atoms with Gasteiger partial charge in [-0.1, -0.05) is 13.0 Å². The topological polar surface area (TPSA) is 15.3 Å². The van der Waals surface area contributed by atoms with Crippen LogP contribution >= 0.6 is 0 Å². The number of halogens is 2. The van der Waals surface area contributed by atoms with Crippen molar-refractivity contribution in [1.29, 1.82) is 0 Å². The van der Waals surface area contributed by atoms with E-state index in [4.69, 9.17) is 0 Å². The number of benzene rings is 1. The summed E-state index contributed by atoms with van der Waals surface area (Å²) in [5.41, 5.74) is 0.240. The second kappa shape index (κ2) is 6.44. The molecule has 0 saturated carbocycles. The van der Waals surface area contributed by atoms with Gasteiger partial charge in [0.25, 0.3) is 0 Å². The molecule has 0 bridgehead atoms. The molecule has 2 rings (SSSR count). The monoisotopic (exact) mass is 268 g/mol. The fourth-order valence-corrected chi connectivity index (χ4v) is 3.19. The fourth-order valence-electron chi connectivity index (χ4n) is 3.19. The lowest BCUT2D eigenvalue weighted by molar-refractivity contribution is 0.0924. The van der Waals surface area contributed by atoms with E-state index in [0.717, 1.165) is 32.5 Å². The second-order valence-corrected chi connectivity index (χ2v) is 5.17. The number of likely N-dealkylation sites (tertiary alicyclic amines) is 1. The van der Waals surface area contributed by atoms with E-state index < -0.39 is 11.6 Å². The van der Waals surface area contributed by atoms with Crippen molar-refractivity contribution >= 4 is 0 Å². The van der Waals surface area contributed by atoms with Crippen molar-refractivity contribution < 1.29 is 8.78 Å². The van der Waals surface area contributed by atoms with Crippen LogP contribution in [0, 0.1) is 17.6 Å². The molecule has 0 amide bonds. The first-order valence-corrected chi connectivity index (χ1v) is 7.01. The fraction of sp³-hybridized carbons (Fsp3) is 0.600. The minimum Gasteiger partial charge on any atom is -0.319 e. The Balaban J connectivity index is 2.39. The maximum atomic E-state index is 14.1. The predicted octanol–water partition coefficient (Wildman–Crippen LogP) is 2.96. The molecule has 106 valence electrons. The van der Waals surface area contributed by atoms with Crippen LogP contribution in [0.15, 0.2) is 18.2 Å². The van der Waals surface area contributed by atoms with E-state index in [0.29, 0.717) is 0 Å². The molecule has 2 atom stereocenters. The Kier molecular flexibility index (Phi) is 4.88. The minimum atomic E-state index is -0.425. The van der Waals surface area contributed by atoms with Gasteiger partial charge in [-0.3, -0.25) is 4.90 Å². The van der Waals surface area contributed by atoms with Gasteiger partial charge in [0, 0.05) is 11.6 Å². The number of rotatable bonds is 4. The summed E-state index contributed by atoms with van der Waals surface area (Å²) in [5, 5.41) is 3.15. The van der Waals surface area contributed by atoms with Gasteiger partial charge in [0.1, 0.15) is 11.6 Å². The van der Waals surface area contributed by atoms with E-state index in [1.807, 2.05) is 14.0 Å². The first kappa shape index (κ1) is 14.4. The van der Waals surface area contributed by atoms with E-state index in [2.05, 4.69) is 10.2 Å². The maximum Gasteiger partial charge on any atom is 0.130 e. The molecule has 2 unspecified atom stereocenters. The molecule has 0 aromatic heterocycles. The quantitative estimate of drug-likeness (QED) is 0.903. The van der Waals surface area contributed by atoms with E-state index in [1.54, 1.807) is 0 Å². The molecule has 1 N–H and O–H groups in total. The van der Waals surface area contributed by atoms with Crippen molar-refractivity contribution in [3.63, 3.8) is 0 Å². The lowest BCUT2D eigenvalue weighted by Crippen LogP contribution is -2.42. The average molecular weight is 268 g/mol. The minimum absolute atomic E-state index is 0.160. The standard InChI is InChI=1S/C15H22F2N2/c1-3-19-9-5-6-11(10-18-2)15(19)14-12(16)7-4-8-13(14)17/h4,7-8,11,15,18H,3,5-6,9-10H2,1-2H3. The Labute approximate surface area is 113 Å². The summed E-state index contributed by atoms with van der Waals surface area (Å²) in [6, 6.07) is 3.99. The zero-order valence-corrected chi connectivity index (χ0v) is 11.6. The normalized spacial score (nSPS) is 24.6. The highest BCUT2D eigenvalue weighted by Gasteiger charge is 2.34. The molecular weight excluding hydrogens is 246 g/mol. The van der Waals surface area contributed by atoms with Crippen LogP contribution in [0.4, 0.5) is 8.78 Å². The number of hydrogen-bond acceptors (Lipinski definition) is 2. The maximum absolute atomic E-state index is 14.1. The van der Waals surface area contributed by atoms with Crippen LogP contribution in [0.3, 0.4) is 0 Å². The van der Waals surface area contributed by atoms with Gasteiger partial charge in [0.15, 0.2) is 0 Å². The van der Waals surface area contributed by atoms with Crippen LogP contribution < -0.4 is 5.32 Å². The third kappa shape index (κ3) is 2.95. The Hall–Kier alpha value is -1.00. The van der Waals surface area contributed by atoms with E-state index in [-0.39, 0.29) is 17.5 Å². The van der Waals surface area contributed by atoms with Crippen LogP contribution in [0.25, 0.3) is 0 Å². The molecule has 0 spiro atoms. The van der Waals surface area contributed by atoms with E-state index in [1.165, 1.54) is 18.2 Å². The molecule has 19 heavy (non-hydrogen) atoms. The van der Waals surface area contributed by atoms with Gasteiger partial charge in [0.2, 0.25) is 0 Å². The van der Waals surface area contributed by atoms with Gasteiger partial charge < -0.3 is 5.32 Å². The highest BCUT2D eigenvalue weighted by Crippen LogP contribution is 2.37. The Morgan fingerprint density at radius 1 is 1.32 bits per heavy atom. The molecule has 1 fully saturated rings. The predicted molar refractivity (Wildman–Crippen MR) is 73.0 cm³/mol. The number of nitrogens with one attached hydrogen (secondary N) is 1. The van der Waals surface area contributed by atoms with Crippen molar-refractivity contribution in [1.82, 2.24) is 10.2 Å². The molecule has 4 heteroatoms. The lowest BCUT2D eigenvalue weighted by Gasteiger charge is -2.41. The SMILES string of the molecule is CCN1CCCC(CNC)C1c1c(F)cccc1F. The molecule has 2 nitrogen and oxygen atoms in total. The van der Waals surface area contributed by atoms with Crippen LogP contribution in [-0.4, -0.2) is 31.6 Å². The Bertz CT molecular complexity index is 400. The lowest BCUT2D eigenvalue weighted by atomic mass is 9.84. The van der Waals surface area contributed by atoms with Crippen LogP contribution in [0.2, 0.25) is 0 Å². The van der Waals surface area contributed by atoms with Gasteiger partial charge in [-0.15, -0.1) is 0 Å². The molecular formula is C15H22F2N2. The Morgan fingerprint density at radius 2 is 2.00 bits per heavy atom. The van der Waals surface area contributed by atoms with Gasteiger partial charge in [-0.2, -0.15) is 0 Å². The first-order chi connectivity index (χ1) is 9.19. The average Bonchev–Trinajstić information content (AvgIpc) is 2.40. The van der Waals surface area contributed by atoms with Crippen LogP contribution in [-0.2, 0) is 0 Å². The van der Waals surface area contributed by atoms with Gasteiger partial charge in [0.05, 0.1) is 0 Å². The van der Waals surface area contributed by atoms with Crippen molar-refractivity contribution in [3.8, 4) is 0 Å². The molecule has 1 saturated heterocycles. The molecule has 1 aliphatic heterocycles. The van der Waals surface area contributed by atoms with Gasteiger partial charge >= 0.3 is 0 Å². The summed E-state index contributed by atoms with van der Waals surface area (Å²) in [7, 11) is 1.89. The summed E-state index contributed by atoms with van der Waals surface area (Å²) in [6.45, 7) is 4.57. The molecule has 0 radical (unpaired) electrons. The van der Waals surface area contributed by atoms with E-state index >= 15 is 0 Å². The highest BCUT2D eigenvalue weighted by atomic mass is 19.1. The van der Waals surface area contributed by atoms with Crippen molar-refractivity contribution in [2.24, 2.45) is 5.92 Å². The highest BCUT2D eigenvalue weighted by molar-refractivity contribution is 5.25. The summed E-state index contributed by atoms with van der Waals surface area (Å²) in [5.74, 6) is -0.594. The number of piperidine rings is 1. The first-order valence-electron chi connectivity index (χ1n) is 7.01. The molecule has 1 aliphatic rings. The number of nitrogens with zero attached hydrogens (tertiary/aromatic N) is 1. The van der Waals surface area contributed by atoms with E-state index in [9.17, 15) is 8.78 Å². The molecule has 1 heterocycles. The molecule has 1 aromatic carbocycles. The number of hydrogen-bond donors (Lipinski definition) is 1. The largest absolute Gasteiger partial charge is 0.319 e. The Morgan fingerprint density at radius 3 is 2.58 bits per heavy atom. The second-order valence-electron chi connectivity index (χ2n) is 5.17. The summed E-state index contributed by atoms with van der Waals surface area (Å²) in [6.07, 6.45) is 2.10.